The molecule has 2 heterocycles. The first-order valence-corrected chi connectivity index (χ1v) is 4.85. The maximum absolute atomic E-state index is 12.4. The minimum atomic E-state index is -4.36. The van der Waals surface area contributed by atoms with E-state index in [2.05, 4.69) is 10.3 Å². The van der Waals surface area contributed by atoms with Gasteiger partial charge < -0.3 is 9.73 Å². The summed E-state index contributed by atoms with van der Waals surface area (Å²) in [6, 6.07) is 5.32. The van der Waals surface area contributed by atoms with Crippen molar-refractivity contribution in [3.63, 3.8) is 0 Å². The number of halogens is 3. The average Bonchev–Trinajstić information content (AvgIpc) is 2.78. The molecule has 17 heavy (non-hydrogen) atoms. The van der Waals surface area contributed by atoms with Crippen molar-refractivity contribution in [3.05, 3.63) is 48.0 Å². The third-order valence-electron chi connectivity index (χ3n) is 2.11. The summed E-state index contributed by atoms with van der Waals surface area (Å²) in [6.07, 6.45) is -1.74. The first kappa shape index (κ1) is 11.5. The van der Waals surface area contributed by atoms with Crippen LogP contribution in [0.3, 0.4) is 0 Å². The van der Waals surface area contributed by atoms with Crippen LogP contribution in [0, 0.1) is 0 Å². The summed E-state index contributed by atoms with van der Waals surface area (Å²) in [5.74, 6) is 0.792. The van der Waals surface area contributed by atoms with Crippen LogP contribution < -0.4 is 5.32 Å². The highest BCUT2D eigenvalue weighted by Crippen LogP contribution is 2.29. The second kappa shape index (κ2) is 4.48. The monoisotopic (exact) mass is 242 g/mol. The number of anilines is 1. The van der Waals surface area contributed by atoms with Crippen LogP contribution in [0.25, 0.3) is 0 Å². The third-order valence-corrected chi connectivity index (χ3v) is 2.11. The number of aromatic nitrogens is 1. The molecule has 1 N–H and O–H groups in total. The number of pyridine rings is 1. The summed E-state index contributed by atoms with van der Waals surface area (Å²) in [7, 11) is 0. The van der Waals surface area contributed by atoms with E-state index in [0.29, 0.717) is 12.3 Å². The molecule has 6 heteroatoms. The molecule has 0 saturated carbocycles. The van der Waals surface area contributed by atoms with Crippen molar-refractivity contribution >= 4 is 5.82 Å². The Balaban J connectivity index is 2.07. The molecule has 0 fully saturated rings. The van der Waals surface area contributed by atoms with Crippen LogP contribution in [0.2, 0.25) is 0 Å². The Morgan fingerprint density at radius 2 is 2.12 bits per heavy atom. The van der Waals surface area contributed by atoms with E-state index in [1.807, 2.05) is 0 Å². The molecule has 90 valence electrons. The van der Waals surface area contributed by atoms with E-state index >= 15 is 0 Å². The number of hydrogen-bond donors (Lipinski definition) is 1. The molecule has 0 saturated heterocycles. The number of alkyl halides is 3. The lowest BCUT2D eigenvalue weighted by Crippen LogP contribution is -2.07. The standard InChI is InChI=1S/C11H9F3N2O/c12-11(13,14)8-3-4-15-10(6-8)16-7-9-2-1-5-17-9/h1-6H,7H2,(H,15,16). The maximum atomic E-state index is 12.4. The molecule has 0 aromatic carbocycles. The largest absolute Gasteiger partial charge is 0.467 e. The molecular formula is C11H9F3N2O. The molecule has 0 aliphatic heterocycles. The van der Waals surface area contributed by atoms with Gasteiger partial charge in [-0.05, 0) is 24.3 Å². The lowest BCUT2D eigenvalue weighted by atomic mass is 10.2. The Bertz CT molecular complexity index is 480. The fourth-order valence-corrected chi connectivity index (χ4v) is 1.29. The first-order chi connectivity index (χ1) is 8.05. The van der Waals surface area contributed by atoms with Crippen molar-refractivity contribution in [1.29, 1.82) is 0 Å². The zero-order chi connectivity index (χ0) is 12.3. The van der Waals surface area contributed by atoms with Gasteiger partial charge >= 0.3 is 6.18 Å². The summed E-state index contributed by atoms with van der Waals surface area (Å²) < 4.78 is 42.3. The fourth-order valence-electron chi connectivity index (χ4n) is 1.29. The van der Waals surface area contributed by atoms with Gasteiger partial charge in [-0.3, -0.25) is 0 Å². The van der Waals surface area contributed by atoms with E-state index in [9.17, 15) is 13.2 Å². The van der Waals surface area contributed by atoms with Crippen LogP contribution in [0.5, 0.6) is 0 Å². The van der Waals surface area contributed by atoms with Crippen molar-refractivity contribution < 1.29 is 17.6 Å². The molecule has 2 aromatic rings. The van der Waals surface area contributed by atoms with Crippen LogP contribution in [-0.2, 0) is 12.7 Å². The Morgan fingerprint density at radius 3 is 2.76 bits per heavy atom. The van der Waals surface area contributed by atoms with Crippen molar-refractivity contribution in [1.82, 2.24) is 4.98 Å². The lowest BCUT2D eigenvalue weighted by Gasteiger charge is -2.08. The van der Waals surface area contributed by atoms with E-state index in [0.717, 1.165) is 18.3 Å². The zero-order valence-corrected chi connectivity index (χ0v) is 8.66. The average molecular weight is 242 g/mol. The van der Waals surface area contributed by atoms with Gasteiger partial charge in [-0.25, -0.2) is 4.98 Å². The Kier molecular flexibility index (Phi) is 3.03. The molecule has 2 aromatic heterocycles. The van der Waals surface area contributed by atoms with Crippen LogP contribution in [-0.4, -0.2) is 4.98 Å². The van der Waals surface area contributed by atoms with Gasteiger partial charge in [0.2, 0.25) is 0 Å². The fraction of sp³-hybridized carbons (Fsp3) is 0.182. The second-order valence-corrected chi connectivity index (χ2v) is 3.36. The maximum Gasteiger partial charge on any atom is 0.416 e. The third kappa shape index (κ3) is 2.99. The minimum Gasteiger partial charge on any atom is -0.467 e. The number of hydrogen-bond acceptors (Lipinski definition) is 3. The summed E-state index contributed by atoms with van der Waals surface area (Å²) >= 11 is 0. The molecular weight excluding hydrogens is 233 g/mol. The van der Waals surface area contributed by atoms with Gasteiger partial charge in [0.25, 0.3) is 0 Å². The zero-order valence-electron chi connectivity index (χ0n) is 8.66. The van der Waals surface area contributed by atoms with Gasteiger partial charge in [-0.2, -0.15) is 13.2 Å². The molecule has 0 atom stereocenters. The highest BCUT2D eigenvalue weighted by atomic mass is 19.4. The lowest BCUT2D eigenvalue weighted by molar-refractivity contribution is -0.137. The quantitative estimate of drug-likeness (QED) is 0.897. The summed E-state index contributed by atoms with van der Waals surface area (Å²) in [5, 5.41) is 2.75. The van der Waals surface area contributed by atoms with Gasteiger partial charge in [0.05, 0.1) is 18.4 Å². The number of nitrogens with one attached hydrogen (secondary N) is 1. The van der Waals surface area contributed by atoms with Crippen molar-refractivity contribution in [2.75, 3.05) is 5.32 Å². The van der Waals surface area contributed by atoms with E-state index in [1.165, 1.54) is 6.26 Å². The van der Waals surface area contributed by atoms with Gasteiger partial charge in [-0.15, -0.1) is 0 Å². The van der Waals surface area contributed by atoms with Gasteiger partial charge in [0.15, 0.2) is 0 Å². The number of rotatable bonds is 3. The van der Waals surface area contributed by atoms with Crippen LogP contribution in [0.1, 0.15) is 11.3 Å². The molecule has 0 aliphatic carbocycles. The van der Waals surface area contributed by atoms with Gasteiger partial charge in [0.1, 0.15) is 11.6 Å². The molecule has 0 spiro atoms. The Hall–Kier alpha value is -1.98. The van der Waals surface area contributed by atoms with Crippen molar-refractivity contribution in [3.8, 4) is 0 Å². The SMILES string of the molecule is FC(F)(F)c1ccnc(NCc2ccco2)c1. The molecule has 0 radical (unpaired) electrons. The van der Waals surface area contributed by atoms with Crippen LogP contribution >= 0.6 is 0 Å². The molecule has 2 rings (SSSR count). The molecule has 0 aliphatic rings. The van der Waals surface area contributed by atoms with E-state index in [4.69, 9.17) is 4.42 Å². The molecule has 3 nitrogen and oxygen atoms in total. The molecule has 0 unspecified atom stereocenters. The van der Waals surface area contributed by atoms with E-state index in [-0.39, 0.29) is 5.82 Å². The minimum absolute atomic E-state index is 0.163. The van der Waals surface area contributed by atoms with Crippen LogP contribution in [0.4, 0.5) is 19.0 Å². The summed E-state index contributed by atoms with van der Waals surface area (Å²) in [4.78, 5) is 3.80. The molecule has 0 amide bonds. The normalized spacial score (nSPS) is 11.5. The Labute approximate surface area is 95.3 Å². The smallest absolute Gasteiger partial charge is 0.416 e. The second-order valence-electron chi connectivity index (χ2n) is 3.36. The van der Waals surface area contributed by atoms with E-state index in [1.54, 1.807) is 12.1 Å². The summed E-state index contributed by atoms with van der Waals surface area (Å²) in [6.45, 7) is 0.293. The number of furan rings is 1. The topological polar surface area (TPSA) is 38.1 Å². The summed E-state index contributed by atoms with van der Waals surface area (Å²) in [5.41, 5.74) is -0.727. The highest BCUT2D eigenvalue weighted by Gasteiger charge is 2.30. The van der Waals surface area contributed by atoms with Gasteiger partial charge in [-0.1, -0.05) is 0 Å². The predicted molar refractivity (Wildman–Crippen MR) is 55.3 cm³/mol. The highest BCUT2D eigenvalue weighted by molar-refractivity contribution is 5.38. The predicted octanol–water partition coefficient (Wildman–Crippen LogP) is 3.31. The first-order valence-electron chi connectivity index (χ1n) is 4.85. The van der Waals surface area contributed by atoms with Crippen LogP contribution in [0.15, 0.2) is 41.1 Å². The van der Waals surface area contributed by atoms with Gasteiger partial charge in [0, 0.05) is 6.20 Å². The van der Waals surface area contributed by atoms with E-state index < -0.39 is 11.7 Å². The number of nitrogens with zero attached hydrogens (tertiary/aromatic N) is 1. The van der Waals surface area contributed by atoms with Crippen molar-refractivity contribution in [2.45, 2.75) is 12.7 Å². The molecule has 0 bridgehead atoms. The van der Waals surface area contributed by atoms with Crippen molar-refractivity contribution in [2.24, 2.45) is 0 Å². The Morgan fingerprint density at radius 1 is 1.29 bits per heavy atom.